The van der Waals surface area contributed by atoms with Crippen molar-refractivity contribution >= 4 is 5.91 Å². The Kier molecular flexibility index (Phi) is 3.46. The van der Waals surface area contributed by atoms with Crippen molar-refractivity contribution in [3.8, 4) is 0 Å². The van der Waals surface area contributed by atoms with E-state index in [4.69, 9.17) is 0 Å². The fraction of sp³-hybridized carbons (Fsp3) is 0.556. The lowest BCUT2D eigenvalue weighted by molar-refractivity contribution is -0.780. The zero-order valence-corrected chi connectivity index (χ0v) is 7.85. The van der Waals surface area contributed by atoms with Crippen molar-refractivity contribution in [1.29, 1.82) is 0 Å². The molecule has 2 heteroatoms. The molecular formula is C9H17NO+. The fourth-order valence-corrected chi connectivity index (χ4v) is 1.03. The van der Waals surface area contributed by atoms with E-state index >= 15 is 0 Å². The van der Waals surface area contributed by atoms with Gasteiger partial charge in [-0.1, -0.05) is 13.5 Å². The van der Waals surface area contributed by atoms with E-state index in [-0.39, 0.29) is 5.91 Å². The molecule has 0 fully saturated rings. The molecule has 1 amide bonds. The molecule has 0 N–H and O–H groups in total. The third-order valence-corrected chi connectivity index (χ3v) is 1.53. The van der Waals surface area contributed by atoms with Gasteiger partial charge in [0, 0.05) is 12.0 Å². The highest BCUT2D eigenvalue weighted by Gasteiger charge is 2.26. The quantitative estimate of drug-likeness (QED) is 0.448. The Balaban J connectivity index is 4.29. The van der Waals surface area contributed by atoms with Crippen LogP contribution in [0.1, 0.15) is 20.3 Å². The molecule has 0 heterocycles. The van der Waals surface area contributed by atoms with Gasteiger partial charge in [-0.05, 0) is 6.92 Å². The first kappa shape index (κ1) is 10.4. The molecule has 0 aliphatic carbocycles. The van der Waals surface area contributed by atoms with Crippen LogP contribution in [-0.2, 0) is 4.79 Å². The van der Waals surface area contributed by atoms with E-state index in [1.165, 1.54) is 0 Å². The zero-order valence-electron chi connectivity index (χ0n) is 7.85. The third-order valence-electron chi connectivity index (χ3n) is 1.53. The monoisotopic (exact) mass is 155 g/mol. The van der Waals surface area contributed by atoms with E-state index in [1.807, 2.05) is 27.6 Å². The SMILES string of the molecule is C=C(C)C(=O)[N+](C)(C)[CH]CC. The molecule has 0 aromatic heterocycles. The van der Waals surface area contributed by atoms with Gasteiger partial charge in [0.1, 0.15) is 6.54 Å². The number of hydrogen-bond acceptors (Lipinski definition) is 1. The smallest absolute Gasteiger partial charge is 0.254 e. The van der Waals surface area contributed by atoms with E-state index in [9.17, 15) is 4.79 Å². The Hall–Kier alpha value is -0.630. The van der Waals surface area contributed by atoms with Gasteiger partial charge in [0.25, 0.3) is 0 Å². The van der Waals surface area contributed by atoms with Crippen LogP contribution in [0.5, 0.6) is 0 Å². The maximum Gasteiger partial charge on any atom is 0.340 e. The second kappa shape index (κ2) is 3.67. The third kappa shape index (κ3) is 2.85. The Labute approximate surface area is 69.1 Å². The maximum atomic E-state index is 11.4. The van der Waals surface area contributed by atoms with Gasteiger partial charge in [0.15, 0.2) is 0 Å². The fourth-order valence-electron chi connectivity index (χ4n) is 1.03. The summed E-state index contributed by atoms with van der Waals surface area (Å²) in [5, 5.41) is 0. The van der Waals surface area contributed by atoms with Crippen molar-refractivity contribution in [2.45, 2.75) is 20.3 Å². The normalized spacial score (nSPS) is 11.3. The van der Waals surface area contributed by atoms with Crippen LogP contribution in [-0.4, -0.2) is 24.5 Å². The van der Waals surface area contributed by atoms with E-state index < -0.39 is 0 Å². The van der Waals surface area contributed by atoms with Crippen molar-refractivity contribution in [3.63, 3.8) is 0 Å². The number of quaternary nitrogens is 1. The number of hydrogen-bond donors (Lipinski definition) is 0. The highest BCUT2D eigenvalue weighted by molar-refractivity contribution is 5.86. The molecule has 0 unspecified atom stereocenters. The molecule has 2 nitrogen and oxygen atoms in total. The van der Waals surface area contributed by atoms with Gasteiger partial charge < -0.3 is 0 Å². The highest BCUT2D eigenvalue weighted by atomic mass is 16.2. The molecule has 0 spiro atoms. The van der Waals surface area contributed by atoms with Crippen LogP contribution in [0.15, 0.2) is 12.2 Å². The van der Waals surface area contributed by atoms with E-state index in [0.717, 1.165) is 6.42 Å². The second-order valence-electron chi connectivity index (χ2n) is 3.22. The molecule has 0 rings (SSSR count). The van der Waals surface area contributed by atoms with Crippen LogP contribution in [0.4, 0.5) is 0 Å². The van der Waals surface area contributed by atoms with Gasteiger partial charge >= 0.3 is 5.91 Å². The predicted molar refractivity (Wildman–Crippen MR) is 46.5 cm³/mol. The molecule has 0 saturated heterocycles. The second-order valence-corrected chi connectivity index (χ2v) is 3.22. The van der Waals surface area contributed by atoms with Crippen molar-refractivity contribution in [1.82, 2.24) is 0 Å². The minimum Gasteiger partial charge on any atom is -0.254 e. The molecule has 0 bridgehead atoms. The minimum atomic E-state index is 0.0758. The Morgan fingerprint density at radius 3 is 2.27 bits per heavy atom. The van der Waals surface area contributed by atoms with Crippen LogP contribution in [0.2, 0.25) is 0 Å². The minimum absolute atomic E-state index is 0.0758. The van der Waals surface area contributed by atoms with Crippen LogP contribution in [0.25, 0.3) is 0 Å². The van der Waals surface area contributed by atoms with Crippen molar-refractivity contribution in [2.24, 2.45) is 0 Å². The lowest BCUT2D eigenvalue weighted by Gasteiger charge is -2.24. The molecule has 0 aliphatic heterocycles. The predicted octanol–water partition coefficient (Wildman–Crippen LogP) is 1.74. The van der Waals surface area contributed by atoms with Crippen LogP contribution in [0.3, 0.4) is 0 Å². The lowest BCUT2D eigenvalue weighted by Crippen LogP contribution is -2.43. The molecule has 0 aromatic rings. The summed E-state index contributed by atoms with van der Waals surface area (Å²) in [6, 6.07) is 0. The van der Waals surface area contributed by atoms with Crippen LogP contribution in [0, 0.1) is 6.54 Å². The summed E-state index contributed by atoms with van der Waals surface area (Å²) in [4.78, 5) is 11.4. The summed E-state index contributed by atoms with van der Waals surface area (Å²) in [7, 11) is 3.72. The number of rotatable bonds is 3. The van der Waals surface area contributed by atoms with Gasteiger partial charge in [-0.25, -0.2) is 4.79 Å². The van der Waals surface area contributed by atoms with Crippen molar-refractivity contribution < 1.29 is 9.28 Å². The van der Waals surface area contributed by atoms with Crippen LogP contribution < -0.4 is 0 Å². The average molecular weight is 155 g/mol. The molecule has 0 atom stereocenters. The van der Waals surface area contributed by atoms with Crippen LogP contribution >= 0.6 is 0 Å². The molecule has 63 valence electrons. The van der Waals surface area contributed by atoms with Gasteiger partial charge in [0.2, 0.25) is 0 Å². The Morgan fingerprint density at radius 1 is 1.55 bits per heavy atom. The van der Waals surface area contributed by atoms with Gasteiger partial charge in [-0.15, -0.1) is 0 Å². The molecule has 0 saturated carbocycles. The number of carbonyl (C=O) groups is 1. The molecule has 11 heavy (non-hydrogen) atoms. The number of nitrogens with zero attached hydrogens (tertiary/aromatic N) is 1. The standard InChI is InChI=1S/C9H17NO/c1-6-7-10(4,5)9(11)8(2)3/h7H,2,6H2,1,3-5H3/q+1. The van der Waals surface area contributed by atoms with E-state index in [2.05, 4.69) is 6.58 Å². The number of carbonyl (C=O) groups excluding carboxylic acids is 1. The van der Waals surface area contributed by atoms with Gasteiger partial charge in [0.05, 0.1) is 14.1 Å². The average Bonchev–Trinajstić information content (AvgIpc) is 1.86. The molecule has 1 radical (unpaired) electrons. The summed E-state index contributed by atoms with van der Waals surface area (Å²) in [6.45, 7) is 9.34. The lowest BCUT2D eigenvalue weighted by atomic mass is 10.2. The van der Waals surface area contributed by atoms with Gasteiger partial charge in [-0.2, -0.15) is 0 Å². The first-order valence-electron chi connectivity index (χ1n) is 3.80. The summed E-state index contributed by atoms with van der Waals surface area (Å²) >= 11 is 0. The van der Waals surface area contributed by atoms with Crippen molar-refractivity contribution in [2.75, 3.05) is 14.1 Å². The van der Waals surface area contributed by atoms with E-state index in [1.54, 1.807) is 6.92 Å². The molecular weight excluding hydrogens is 138 g/mol. The topological polar surface area (TPSA) is 17.1 Å². The molecule has 0 aromatic carbocycles. The van der Waals surface area contributed by atoms with Crippen molar-refractivity contribution in [3.05, 3.63) is 18.7 Å². The number of amides is 1. The summed E-state index contributed by atoms with van der Waals surface area (Å²) in [5.41, 5.74) is 0.611. The largest absolute Gasteiger partial charge is 0.340 e. The first-order valence-corrected chi connectivity index (χ1v) is 3.80. The zero-order chi connectivity index (χ0) is 9.07. The Morgan fingerprint density at radius 2 is 2.00 bits per heavy atom. The first-order chi connectivity index (χ1) is 4.91. The Bertz CT molecular complexity index is 170. The highest BCUT2D eigenvalue weighted by Crippen LogP contribution is 2.09. The summed E-state index contributed by atoms with van der Waals surface area (Å²) < 4.78 is 0.297. The molecule has 0 aliphatic rings. The maximum absolute atomic E-state index is 11.4. The van der Waals surface area contributed by atoms with E-state index in [0.29, 0.717) is 10.1 Å². The van der Waals surface area contributed by atoms with Gasteiger partial charge in [-0.3, -0.25) is 4.48 Å². The summed E-state index contributed by atoms with van der Waals surface area (Å²) in [5.74, 6) is 0.0758. The summed E-state index contributed by atoms with van der Waals surface area (Å²) in [6.07, 6.45) is 0.895. The number of likely N-dealkylation sites (N-methyl/N-ethyl adjacent to an activating group) is 1.